The molecule has 4 aromatic rings. The van der Waals surface area contributed by atoms with Gasteiger partial charge in [0, 0.05) is 11.3 Å². The predicted molar refractivity (Wildman–Crippen MR) is 121 cm³/mol. The quantitative estimate of drug-likeness (QED) is 0.364. The Kier molecular flexibility index (Phi) is 5.87. The number of rotatable bonds is 4. The SMILES string of the molecule is COC(=O)c1ccccc1-c1cc(-c2ccccc2NC(=O)C(F)(F)F)cc2ccccc12. The van der Waals surface area contributed by atoms with Crippen LogP contribution in [0.5, 0.6) is 0 Å². The summed E-state index contributed by atoms with van der Waals surface area (Å²) in [6.07, 6.45) is -5.01. The molecule has 0 saturated carbocycles. The smallest absolute Gasteiger partial charge is 0.465 e. The number of hydrogen-bond acceptors (Lipinski definition) is 3. The Labute approximate surface area is 187 Å². The number of hydrogen-bond donors (Lipinski definition) is 1. The van der Waals surface area contributed by atoms with Gasteiger partial charge in [-0.2, -0.15) is 13.2 Å². The van der Waals surface area contributed by atoms with E-state index < -0.39 is 18.1 Å². The normalized spacial score (nSPS) is 11.3. The third-order valence-electron chi connectivity index (χ3n) is 5.23. The first-order valence-corrected chi connectivity index (χ1v) is 9.97. The molecular weight excluding hydrogens is 431 g/mol. The highest BCUT2D eigenvalue weighted by Gasteiger charge is 2.39. The van der Waals surface area contributed by atoms with Gasteiger partial charge in [-0.15, -0.1) is 0 Å². The number of methoxy groups -OCH3 is 1. The van der Waals surface area contributed by atoms with Crippen LogP contribution in [0.2, 0.25) is 0 Å². The third kappa shape index (κ3) is 4.43. The molecule has 0 aliphatic heterocycles. The number of carbonyl (C=O) groups is 2. The van der Waals surface area contributed by atoms with Crippen molar-refractivity contribution in [2.45, 2.75) is 6.18 Å². The lowest BCUT2D eigenvalue weighted by atomic mass is 9.90. The topological polar surface area (TPSA) is 55.4 Å². The minimum atomic E-state index is -5.01. The van der Waals surface area contributed by atoms with Crippen LogP contribution in [0.1, 0.15) is 10.4 Å². The third-order valence-corrected chi connectivity index (χ3v) is 5.23. The molecule has 0 radical (unpaired) electrons. The standard InChI is InChI=1S/C26H18F3NO3/c1-33-24(31)21-12-5-4-11-20(21)22-15-17(14-16-8-2-3-9-18(16)22)19-10-6-7-13-23(19)30-25(32)26(27,28)29/h2-15H,1H3,(H,30,32). The van der Waals surface area contributed by atoms with Crippen molar-refractivity contribution < 1.29 is 27.5 Å². The van der Waals surface area contributed by atoms with Crippen LogP contribution in [-0.4, -0.2) is 25.2 Å². The van der Waals surface area contributed by atoms with Gasteiger partial charge in [-0.05, 0) is 51.7 Å². The fourth-order valence-electron chi connectivity index (χ4n) is 3.73. The number of amides is 1. The van der Waals surface area contributed by atoms with E-state index >= 15 is 0 Å². The van der Waals surface area contributed by atoms with Crippen molar-refractivity contribution in [2.75, 3.05) is 12.4 Å². The molecule has 0 fully saturated rings. The van der Waals surface area contributed by atoms with E-state index in [0.29, 0.717) is 27.8 Å². The van der Waals surface area contributed by atoms with Crippen molar-refractivity contribution in [3.63, 3.8) is 0 Å². The highest BCUT2D eigenvalue weighted by atomic mass is 19.4. The van der Waals surface area contributed by atoms with Crippen LogP contribution in [0, 0.1) is 0 Å². The zero-order valence-electron chi connectivity index (χ0n) is 17.4. The minimum absolute atomic E-state index is 0.0299. The number of alkyl halides is 3. The Morgan fingerprint density at radius 3 is 2.15 bits per heavy atom. The summed E-state index contributed by atoms with van der Waals surface area (Å²) >= 11 is 0. The van der Waals surface area contributed by atoms with Crippen molar-refractivity contribution in [1.29, 1.82) is 0 Å². The van der Waals surface area contributed by atoms with Gasteiger partial charge in [0.1, 0.15) is 0 Å². The molecule has 4 aromatic carbocycles. The molecule has 0 aromatic heterocycles. The van der Waals surface area contributed by atoms with Crippen molar-refractivity contribution in [2.24, 2.45) is 0 Å². The Bertz CT molecular complexity index is 1360. The highest BCUT2D eigenvalue weighted by molar-refractivity contribution is 6.07. The summed E-state index contributed by atoms with van der Waals surface area (Å²) in [5, 5.41) is 3.63. The molecule has 0 unspecified atom stereocenters. The summed E-state index contributed by atoms with van der Waals surface area (Å²) in [4.78, 5) is 24.0. The number of benzene rings is 4. The first-order valence-electron chi connectivity index (χ1n) is 9.97. The molecule has 0 heterocycles. The van der Waals surface area contributed by atoms with Crippen LogP contribution < -0.4 is 5.32 Å². The fourth-order valence-corrected chi connectivity index (χ4v) is 3.73. The second kappa shape index (κ2) is 8.78. The molecule has 0 spiro atoms. The molecule has 1 N–H and O–H groups in total. The number of nitrogens with one attached hydrogen (secondary N) is 1. The van der Waals surface area contributed by atoms with Crippen LogP contribution in [0.15, 0.2) is 84.9 Å². The van der Waals surface area contributed by atoms with E-state index in [-0.39, 0.29) is 5.69 Å². The first kappa shape index (κ1) is 22.1. The van der Waals surface area contributed by atoms with Gasteiger partial charge in [0.25, 0.3) is 0 Å². The molecule has 166 valence electrons. The predicted octanol–water partition coefficient (Wildman–Crippen LogP) is 6.46. The number of esters is 1. The summed E-state index contributed by atoms with van der Waals surface area (Å²) in [5.41, 5.74) is 2.72. The van der Waals surface area contributed by atoms with Crippen LogP contribution in [0.4, 0.5) is 18.9 Å². The Hall–Kier alpha value is -4.13. The van der Waals surface area contributed by atoms with Crippen LogP contribution >= 0.6 is 0 Å². The molecule has 0 saturated heterocycles. The van der Waals surface area contributed by atoms with Gasteiger partial charge in [-0.25, -0.2) is 4.79 Å². The number of carbonyl (C=O) groups excluding carboxylic acids is 2. The largest absolute Gasteiger partial charge is 0.471 e. The van der Waals surface area contributed by atoms with Gasteiger partial charge >= 0.3 is 18.1 Å². The van der Waals surface area contributed by atoms with Crippen LogP contribution in [0.3, 0.4) is 0 Å². The van der Waals surface area contributed by atoms with Gasteiger partial charge < -0.3 is 10.1 Å². The molecule has 0 aliphatic carbocycles. The Morgan fingerprint density at radius 1 is 0.788 bits per heavy atom. The Morgan fingerprint density at radius 2 is 1.42 bits per heavy atom. The molecule has 33 heavy (non-hydrogen) atoms. The van der Waals surface area contributed by atoms with Crippen molar-refractivity contribution in [1.82, 2.24) is 0 Å². The van der Waals surface area contributed by atoms with Gasteiger partial charge in [0.15, 0.2) is 0 Å². The van der Waals surface area contributed by atoms with Crippen LogP contribution in [0.25, 0.3) is 33.0 Å². The number of para-hydroxylation sites is 1. The van der Waals surface area contributed by atoms with E-state index in [2.05, 4.69) is 0 Å². The Balaban J connectivity index is 1.94. The maximum atomic E-state index is 12.9. The maximum absolute atomic E-state index is 12.9. The van der Waals surface area contributed by atoms with E-state index in [1.54, 1.807) is 48.5 Å². The lowest BCUT2D eigenvalue weighted by molar-refractivity contribution is -0.167. The van der Waals surface area contributed by atoms with Crippen molar-refractivity contribution in [3.05, 3.63) is 90.5 Å². The average Bonchev–Trinajstić information content (AvgIpc) is 2.82. The summed E-state index contributed by atoms with van der Waals surface area (Å²) in [5.74, 6) is -2.55. The molecule has 0 bridgehead atoms. The van der Waals surface area contributed by atoms with Gasteiger partial charge in [-0.3, -0.25) is 4.79 Å². The highest BCUT2D eigenvalue weighted by Crippen LogP contribution is 2.38. The number of ether oxygens (including phenoxy) is 1. The zero-order valence-corrected chi connectivity index (χ0v) is 17.4. The number of anilines is 1. The van der Waals surface area contributed by atoms with E-state index in [1.807, 2.05) is 35.6 Å². The molecule has 4 nitrogen and oxygen atoms in total. The molecule has 1 amide bonds. The average molecular weight is 449 g/mol. The molecule has 0 aliphatic rings. The van der Waals surface area contributed by atoms with Crippen molar-refractivity contribution in [3.8, 4) is 22.3 Å². The second-order valence-corrected chi connectivity index (χ2v) is 7.28. The van der Waals surface area contributed by atoms with E-state index in [4.69, 9.17) is 4.74 Å². The lowest BCUT2D eigenvalue weighted by Crippen LogP contribution is -2.30. The molecule has 7 heteroatoms. The van der Waals surface area contributed by atoms with Gasteiger partial charge in [0.05, 0.1) is 12.7 Å². The molecule has 4 rings (SSSR count). The summed E-state index contributed by atoms with van der Waals surface area (Å²) in [6, 6.07) is 24.3. The van der Waals surface area contributed by atoms with E-state index in [1.165, 1.54) is 13.2 Å². The van der Waals surface area contributed by atoms with Crippen LogP contribution in [-0.2, 0) is 9.53 Å². The number of halogens is 3. The monoisotopic (exact) mass is 449 g/mol. The van der Waals surface area contributed by atoms with Crippen molar-refractivity contribution >= 4 is 28.3 Å². The van der Waals surface area contributed by atoms with Gasteiger partial charge in [0.2, 0.25) is 0 Å². The fraction of sp³-hybridized carbons (Fsp3) is 0.0769. The summed E-state index contributed by atoms with van der Waals surface area (Å²) in [7, 11) is 1.30. The summed E-state index contributed by atoms with van der Waals surface area (Å²) in [6.45, 7) is 0. The molecule has 0 atom stereocenters. The van der Waals surface area contributed by atoms with Gasteiger partial charge in [-0.1, -0.05) is 60.7 Å². The first-order chi connectivity index (χ1) is 15.8. The molecular formula is C26H18F3NO3. The zero-order chi connectivity index (χ0) is 23.6. The maximum Gasteiger partial charge on any atom is 0.471 e. The van der Waals surface area contributed by atoms with E-state index in [9.17, 15) is 22.8 Å². The second-order valence-electron chi connectivity index (χ2n) is 7.28. The van der Waals surface area contributed by atoms with E-state index in [0.717, 1.165) is 10.8 Å². The number of fused-ring (bicyclic) bond motifs is 1. The summed E-state index contributed by atoms with van der Waals surface area (Å²) < 4.78 is 43.5. The lowest BCUT2D eigenvalue weighted by Gasteiger charge is -2.16. The minimum Gasteiger partial charge on any atom is -0.465 e.